The van der Waals surface area contributed by atoms with Gasteiger partial charge in [0.1, 0.15) is 0 Å². The molecule has 0 saturated carbocycles. The van der Waals surface area contributed by atoms with E-state index in [9.17, 15) is 4.79 Å². The summed E-state index contributed by atoms with van der Waals surface area (Å²) in [5.41, 5.74) is 5.52. The van der Waals surface area contributed by atoms with Crippen LogP contribution in [0.1, 0.15) is 5.56 Å². The second-order valence-electron chi connectivity index (χ2n) is 1.97. The Bertz CT molecular complexity index is 321. The maximum absolute atomic E-state index is 11.0. The topological polar surface area (TPSA) is 65.2 Å². The largest absolute Gasteiger partial charge is 0.487 e. The quantitative estimate of drug-likeness (QED) is 0.666. The Balaban J connectivity index is 3.36. The van der Waals surface area contributed by atoms with Crippen molar-refractivity contribution in [2.45, 2.75) is 6.92 Å². The molecule has 0 amide bonds. The molecule has 4 nitrogen and oxygen atoms in total. The van der Waals surface area contributed by atoms with Crippen molar-refractivity contribution in [2.24, 2.45) is 0 Å². The van der Waals surface area contributed by atoms with Gasteiger partial charge < -0.3 is 10.5 Å². The molecule has 0 aliphatic rings. The van der Waals surface area contributed by atoms with Crippen LogP contribution in [0.4, 0.5) is 5.13 Å². The van der Waals surface area contributed by atoms with Gasteiger partial charge in [-0.05, 0) is 6.92 Å². The van der Waals surface area contributed by atoms with Gasteiger partial charge in [-0.2, -0.15) is 4.98 Å². The van der Waals surface area contributed by atoms with Gasteiger partial charge in [0.25, 0.3) is 5.56 Å². The number of ether oxygens (including phenoxy) is 1. The molecule has 0 radical (unpaired) electrons. The third-order valence-electron chi connectivity index (χ3n) is 1.22. The van der Waals surface area contributed by atoms with Crippen LogP contribution >= 0.6 is 11.3 Å². The lowest BCUT2D eigenvalue weighted by molar-refractivity contribution is 0.423. The molecule has 0 atom stereocenters. The summed E-state index contributed by atoms with van der Waals surface area (Å²) < 4.78 is 4.91. The normalized spacial score (nSPS) is 9.64. The highest BCUT2D eigenvalue weighted by atomic mass is 32.1. The Labute approximate surface area is 67.6 Å². The van der Waals surface area contributed by atoms with E-state index in [1.165, 1.54) is 7.11 Å². The molecule has 2 N–H and O–H groups in total. The summed E-state index contributed by atoms with van der Waals surface area (Å²) in [7, 11) is 1.50. The Morgan fingerprint density at radius 1 is 1.64 bits per heavy atom. The fraction of sp³-hybridized carbons (Fsp3) is 0.333. The van der Waals surface area contributed by atoms with Crippen LogP contribution in [-0.2, 0) is 0 Å². The van der Waals surface area contributed by atoms with Gasteiger partial charge in [-0.25, -0.2) is 0 Å². The van der Waals surface area contributed by atoms with E-state index in [0.29, 0.717) is 10.6 Å². The van der Waals surface area contributed by atoms with Crippen molar-refractivity contribution in [2.75, 3.05) is 12.8 Å². The van der Waals surface area contributed by atoms with Crippen LogP contribution in [-0.4, -0.2) is 12.1 Å². The number of nitrogen functional groups attached to an aromatic ring is 1. The molecule has 0 bridgehead atoms. The van der Waals surface area contributed by atoms with Gasteiger partial charge in [0, 0.05) is 0 Å². The van der Waals surface area contributed by atoms with Crippen molar-refractivity contribution in [3.63, 3.8) is 0 Å². The van der Waals surface area contributed by atoms with E-state index in [1.54, 1.807) is 6.92 Å². The first-order chi connectivity index (χ1) is 5.15. The number of hydrogen-bond acceptors (Lipinski definition) is 5. The first kappa shape index (κ1) is 8.00. The van der Waals surface area contributed by atoms with E-state index in [0.717, 1.165) is 11.3 Å². The van der Waals surface area contributed by atoms with Crippen molar-refractivity contribution < 1.29 is 4.74 Å². The minimum Gasteiger partial charge on any atom is -0.487 e. The van der Waals surface area contributed by atoms with Crippen LogP contribution in [0.5, 0.6) is 5.06 Å². The van der Waals surface area contributed by atoms with E-state index < -0.39 is 0 Å². The highest BCUT2D eigenvalue weighted by Crippen LogP contribution is 2.22. The molecule has 0 aromatic carbocycles. The number of aromatic nitrogens is 1. The minimum atomic E-state index is -0.321. The van der Waals surface area contributed by atoms with Gasteiger partial charge in [-0.15, -0.1) is 0 Å². The molecule has 1 rings (SSSR count). The molecule has 1 aromatic rings. The lowest BCUT2D eigenvalue weighted by Crippen LogP contribution is -2.11. The zero-order valence-electron chi connectivity index (χ0n) is 6.25. The van der Waals surface area contributed by atoms with E-state index >= 15 is 0 Å². The smallest absolute Gasteiger partial charge is 0.279 e. The predicted octanol–water partition coefficient (Wildman–Crippen LogP) is 0.403. The molecule has 60 valence electrons. The van der Waals surface area contributed by atoms with Gasteiger partial charge >= 0.3 is 0 Å². The molecule has 0 aliphatic heterocycles. The lowest BCUT2D eigenvalue weighted by atomic mass is 10.4. The van der Waals surface area contributed by atoms with Gasteiger partial charge in [-0.1, -0.05) is 11.3 Å². The highest BCUT2D eigenvalue weighted by molar-refractivity contribution is 7.16. The number of hydrogen-bond donors (Lipinski definition) is 1. The molecule has 0 spiro atoms. The van der Waals surface area contributed by atoms with Crippen molar-refractivity contribution in [3.8, 4) is 5.06 Å². The molecule has 0 fully saturated rings. The summed E-state index contributed by atoms with van der Waals surface area (Å²) in [5, 5.41) is 0.764. The van der Waals surface area contributed by atoms with E-state index in [4.69, 9.17) is 10.5 Å². The molecule has 0 unspecified atom stereocenters. The number of anilines is 1. The Kier molecular flexibility index (Phi) is 2.09. The summed E-state index contributed by atoms with van der Waals surface area (Å²) in [6.45, 7) is 1.66. The summed E-state index contributed by atoms with van der Waals surface area (Å²) in [4.78, 5) is 14.5. The molecule has 5 heteroatoms. The standard InChI is InChI=1S/C6H8N2O2S/c1-3-4(9)8-6(7)11-5(3)10-2/h1-2H3,(H2,7,8,9). The Hall–Kier alpha value is -1.10. The number of nitrogens with zero attached hydrogens (tertiary/aromatic N) is 1. The predicted molar refractivity (Wildman–Crippen MR) is 44.1 cm³/mol. The molecule has 1 heterocycles. The highest BCUT2D eigenvalue weighted by Gasteiger charge is 2.04. The van der Waals surface area contributed by atoms with Gasteiger partial charge in [0.15, 0.2) is 10.2 Å². The summed E-state index contributed by atoms with van der Waals surface area (Å²) in [5.74, 6) is 0. The summed E-state index contributed by atoms with van der Waals surface area (Å²) in [6, 6.07) is 0. The van der Waals surface area contributed by atoms with Gasteiger partial charge in [-0.3, -0.25) is 4.79 Å². The SMILES string of the molecule is COc1sc(N)nc(=O)c1C. The first-order valence-corrected chi connectivity index (χ1v) is 3.78. The Morgan fingerprint density at radius 2 is 2.27 bits per heavy atom. The summed E-state index contributed by atoms with van der Waals surface area (Å²) in [6.07, 6.45) is 0. The second kappa shape index (κ2) is 2.87. The molecule has 11 heavy (non-hydrogen) atoms. The first-order valence-electron chi connectivity index (χ1n) is 2.96. The van der Waals surface area contributed by atoms with Gasteiger partial charge in [0.2, 0.25) is 0 Å². The summed E-state index contributed by atoms with van der Waals surface area (Å²) >= 11 is 1.16. The van der Waals surface area contributed by atoms with Crippen molar-refractivity contribution in [3.05, 3.63) is 15.9 Å². The van der Waals surface area contributed by atoms with Crippen LogP contribution in [0.15, 0.2) is 4.79 Å². The monoisotopic (exact) mass is 172 g/mol. The average Bonchev–Trinajstić information content (AvgIpc) is 1.96. The van der Waals surface area contributed by atoms with Crippen LogP contribution in [0, 0.1) is 6.92 Å². The Morgan fingerprint density at radius 3 is 2.82 bits per heavy atom. The molecule has 0 saturated heterocycles. The minimum absolute atomic E-state index is 0.234. The third kappa shape index (κ3) is 1.48. The van der Waals surface area contributed by atoms with Gasteiger partial charge in [0.05, 0.1) is 12.7 Å². The van der Waals surface area contributed by atoms with Crippen LogP contribution in [0.2, 0.25) is 0 Å². The molecular weight excluding hydrogens is 164 g/mol. The number of rotatable bonds is 1. The number of methoxy groups -OCH3 is 1. The van der Waals surface area contributed by atoms with E-state index in [2.05, 4.69) is 4.98 Å². The number of nitrogens with two attached hydrogens (primary N) is 1. The van der Waals surface area contributed by atoms with E-state index in [-0.39, 0.29) is 10.7 Å². The molecular formula is C6H8N2O2S. The van der Waals surface area contributed by atoms with Crippen LogP contribution in [0.3, 0.4) is 0 Å². The van der Waals surface area contributed by atoms with Crippen LogP contribution < -0.4 is 16.0 Å². The lowest BCUT2D eigenvalue weighted by Gasteiger charge is -2.00. The third-order valence-corrected chi connectivity index (χ3v) is 2.18. The average molecular weight is 172 g/mol. The zero-order valence-corrected chi connectivity index (χ0v) is 7.07. The van der Waals surface area contributed by atoms with Crippen LogP contribution in [0.25, 0.3) is 0 Å². The molecule has 0 aliphatic carbocycles. The van der Waals surface area contributed by atoms with Crippen molar-refractivity contribution >= 4 is 16.5 Å². The fourth-order valence-electron chi connectivity index (χ4n) is 0.660. The second-order valence-corrected chi connectivity index (χ2v) is 2.97. The van der Waals surface area contributed by atoms with Crippen molar-refractivity contribution in [1.82, 2.24) is 4.98 Å². The van der Waals surface area contributed by atoms with E-state index in [1.807, 2.05) is 0 Å². The zero-order chi connectivity index (χ0) is 8.43. The maximum Gasteiger partial charge on any atom is 0.279 e. The maximum atomic E-state index is 11.0. The van der Waals surface area contributed by atoms with Crippen molar-refractivity contribution in [1.29, 1.82) is 0 Å². The molecule has 1 aromatic heterocycles. The fourth-order valence-corrected chi connectivity index (χ4v) is 1.30.